The number of nitro benzene ring substituents is 1. The standard InChI is InChI=1S/C10H7F2NO4/c11-7-3-9(13(16)17)8(12)2-5(7)4-1-6(4)10(14)15/h2-4,6H,1H2,(H,14,15)/t4-,6+/m0/s1. The van der Waals surface area contributed by atoms with Crippen molar-refractivity contribution in [2.75, 3.05) is 0 Å². The van der Waals surface area contributed by atoms with Gasteiger partial charge in [-0.2, -0.15) is 4.39 Å². The maximum atomic E-state index is 13.5. The second-order valence-electron chi connectivity index (χ2n) is 3.87. The zero-order valence-electron chi connectivity index (χ0n) is 8.39. The van der Waals surface area contributed by atoms with Crippen molar-refractivity contribution < 1.29 is 23.6 Å². The third-order valence-corrected chi connectivity index (χ3v) is 2.77. The first-order chi connectivity index (χ1) is 7.91. The molecule has 0 radical (unpaired) electrons. The van der Waals surface area contributed by atoms with Crippen LogP contribution in [0, 0.1) is 27.7 Å². The molecular weight excluding hydrogens is 236 g/mol. The van der Waals surface area contributed by atoms with Crippen molar-refractivity contribution in [2.45, 2.75) is 12.3 Å². The number of carboxylic acid groups (broad SMARTS) is 1. The lowest BCUT2D eigenvalue weighted by atomic mass is 10.1. The van der Waals surface area contributed by atoms with Gasteiger partial charge in [0.1, 0.15) is 5.82 Å². The molecule has 7 heteroatoms. The molecule has 0 spiro atoms. The summed E-state index contributed by atoms with van der Waals surface area (Å²) in [4.78, 5) is 19.9. The molecule has 90 valence electrons. The fraction of sp³-hybridized carbons (Fsp3) is 0.300. The van der Waals surface area contributed by atoms with Gasteiger partial charge in [0.2, 0.25) is 5.82 Å². The van der Waals surface area contributed by atoms with Crippen LogP contribution in [0.15, 0.2) is 12.1 Å². The summed E-state index contributed by atoms with van der Waals surface area (Å²) in [5, 5.41) is 19.0. The Bertz CT molecular complexity index is 517. The van der Waals surface area contributed by atoms with Crippen molar-refractivity contribution in [3.63, 3.8) is 0 Å². The molecule has 1 fully saturated rings. The summed E-state index contributed by atoms with van der Waals surface area (Å²) in [6.07, 6.45) is 0.226. The molecule has 17 heavy (non-hydrogen) atoms. The summed E-state index contributed by atoms with van der Waals surface area (Å²) >= 11 is 0. The van der Waals surface area contributed by atoms with Gasteiger partial charge in [0.15, 0.2) is 0 Å². The third kappa shape index (κ3) is 1.95. The van der Waals surface area contributed by atoms with Crippen LogP contribution in [0.1, 0.15) is 17.9 Å². The van der Waals surface area contributed by atoms with Crippen molar-refractivity contribution in [1.29, 1.82) is 0 Å². The van der Waals surface area contributed by atoms with Gasteiger partial charge in [0.05, 0.1) is 16.9 Å². The summed E-state index contributed by atoms with van der Waals surface area (Å²) in [6.45, 7) is 0. The van der Waals surface area contributed by atoms with Crippen LogP contribution in [-0.4, -0.2) is 16.0 Å². The Morgan fingerprint density at radius 2 is 2.06 bits per heavy atom. The average molecular weight is 243 g/mol. The van der Waals surface area contributed by atoms with Crippen molar-refractivity contribution in [1.82, 2.24) is 0 Å². The number of nitro groups is 1. The lowest BCUT2D eigenvalue weighted by Gasteiger charge is -2.02. The van der Waals surface area contributed by atoms with Crippen LogP contribution in [0.4, 0.5) is 14.5 Å². The molecule has 1 aliphatic rings. The van der Waals surface area contributed by atoms with Gasteiger partial charge in [-0.3, -0.25) is 14.9 Å². The highest BCUT2D eigenvalue weighted by atomic mass is 19.1. The quantitative estimate of drug-likeness (QED) is 0.650. The highest BCUT2D eigenvalue weighted by Gasteiger charge is 2.46. The molecule has 0 amide bonds. The molecule has 5 nitrogen and oxygen atoms in total. The number of hydrogen-bond donors (Lipinski definition) is 1. The Kier molecular flexibility index (Phi) is 2.53. The first kappa shape index (κ1) is 11.4. The number of carbonyl (C=O) groups is 1. The number of aliphatic carboxylic acids is 1. The third-order valence-electron chi connectivity index (χ3n) is 2.77. The summed E-state index contributed by atoms with van der Waals surface area (Å²) in [5.74, 6) is -4.49. The second kappa shape index (κ2) is 3.76. The molecule has 0 unspecified atom stereocenters. The highest BCUT2D eigenvalue weighted by molar-refractivity contribution is 5.75. The molecule has 0 aliphatic heterocycles. The van der Waals surface area contributed by atoms with E-state index in [1.54, 1.807) is 0 Å². The number of nitrogens with zero attached hydrogens (tertiary/aromatic N) is 1. The van der Waals surface area contributed by atoms with E-state index in [0.29, 0.717) is 12.1 Å². The Hall–Kier alpha value is -2.05. The molecule has 1 aromatic carbocycles. The molecule has 1 aromatic rings. The second-order valence-corrected chi connectivity index (χ2v) is 3.87. The topological polar surface area (TPSA) is 80.4 Å². The van der Waals surface area contributed by atoms with Crippen LogP contribution >= 0.6 is 0 Å². The van der Waals surface area contributed by atoms with Crippen LogP contribution in [0.25, 0.3) is 0 Å². The lowest BCUT2D eigenvalue weighted by Crippen LogP contribution is -2.02. The number of benzene rings is 1. The predicted octanol–water partition coefficient (Wildman–Crippen LogP) is 2.06. The van der Waals surface area contributed by atoms with E-state index in [4.69, 9.17) is 5.11 Å². The molecule has 0 aromatic heterocycles. The molecule has 1 N–H and O–H groups in total. The van der Waals surface area contributed by atoms with E-state index in [1.807, 2.05) is 0 Å². The molecule has 0 saturated heterocycles. The van der Waals surface area contributed by atoms with Crippen molar-refractivity contribution >= 4 is 11.7 Å². The Labute approximate surface area is 93.8 Å². The van der Waals surface area contributed by atoms with Crippen molar-refractivity contribution in [2.24, 2.45) is 5.92 Å². The van der Waals surface area contributed by atoms with Gasteiger partial charge in [-0.1, -0.05) is 0 Å². The van der Waals surface area contributed by atoms with E-state index in [9.17, 15) is 23.7 Å². The summed E-state index contributed by atoms with van der Waals surface area (Å²) in [5.41, 5.74) is -1.06. The van der Waals surface area contributed by atoms with Crippen LogP contribution in [0.2, 0.25) is 0 Å². The largest absolute Gasteiger partial charge is 0.481 e. The van der Waals surface area contributed by atoms with Gasteiger partial charge in [-0.15, -0.1) is 0 Å². The van der Waals surface area contributed by atoms with Gasteiger partial charge in [-0.05, 0) is 18.1 Å². The van der Waals surface area contributed by atoms with Gasteiger partial charge in [0, 0.05) is 5.92 Å². The minimum atomic E-state index is -1.15. The first-order valence-electron chi connectivity index (χ1n) is 4.78. The van der Waals surface area contributed by atoms with Crippen LogP contribution in [0.5, 0.6) is 0 Å². The van der Waals surface area contributed by atoms with E-state index < -0.39 is 40.1 Å². The summed E-state index contributed by atoms with van der Waals surface area (Å²) in [7, 11) is 0. The number of hydrogen-bond acceptors (Lipinski definition) is 3. The predicted molar refractivity (Wildman–Crippen MR) is 51.5 cm³/mol. The number of rotatable bonds is 3. The Morgan fingerprint density at radius 1 is 1.41 bits per heavy atom. The SMILES string of the molecule is O=C(O)[C@@H]1C[C@H]1c1cc(F)c([N+](=O)[O-])cc1F. The van der Waals surface area contributed by atoms with E-state index in [2.05, 4.69) is 0 Å². The van der Waals surface area contributed by atoms with E-state index in [0.717, 1.165) is 0 Å². The monoisotopic (exact) mass is 243 g/mol. The molecule has 1 saturated carbocycles. The number of carboxylic acids is 1. The van der Waals surface area contributed by atoms with Crippen LogP contribution in [0.3, 0.4) is 0 Å². The molecule has 0 bridgehead atoms. The summed E-state index contributed by atoms with van der Waals surface area (Å²) < 4.78 is 26.7. The minimum absolute atomic E-state index is 0.111. The molecule has 0 heterocycles. The molecule has 1 aliphatic carbocycles. The molecular formula is C10H7F2NO4. The van der Waals surface area contributed by atoms with Crippen molar-refractivity contribution in [3.8, 4) is 0 Å². The van der Waals surface area contributed by atoms with E-state index in [-0.39, 0.29) is 12.0 Å². The Balaban J connectivity index is 2.35. The lowest BCUT2D eigenvalue weighted by molar-refractivity contribution is -0.387. The normalized spacial score (nSPS) is 22.2. The van der Waals surface area contributed by atoms with Crippen molar-refractivity contribution in [3.05, 3.63) is 39.4 Å². The maximum Gasteiger partial charge on any atom is 0.307 e. The smallest absolute Gasteiger partial charge is 0.307 e. The van der Waals surface area contributed by atoms with Gasteiger partial charge in [-0.25, -0.2) is 4.39 Å². The molecule has 2 atom stereocenters. The zero-order valence-corrected chi connectivity index (χ0v) is 8.39. The fourth-order valence-electron chi connectivity index (χ4n) is 1.79. The fourth-order valence-corrected chi connectivity index (χ4v) is 1.79. The van der Waals surface area contributed by atoms with E-state index in [1.165, 1.54) is 0 Å². The zero-order chi connectivity index (χ0) is 12.7. The Morgan fingerprint density at radius 3 is 2.53 bits per heavy atom. The minimum Gasteiger partial charge on any atom is -0.481 e. The average Bonchev–Trinajstić information content (AvgIpc) is 3.00. The van der Waals surface area contributed by atoms with Gasteiger partial charge < -0.3 is 5.11 Å². The van der Waals surface area contributed by atoms with Gasteiger partial charge in [0.25, 0.3) is 0 Å². The number of halogens is 2. The maximum absolute atomic E-state index is 13.5. The van der Waals surface area contributed by atoms with Crippen LogP contribution < -0.4 is 0 Å². The summed E-state index contributed by atoms with van der Waals surface area (Å²) in [6, 6.07) is 1.20. The van der Waals surface area contributed by atoms with E-state index >= 15 is 0 Å². The highest BCUT2D eigenvalue weighted by Crippen LogP contribution is 2.49. The molecule has 2 rings (SSSR count). The van der Waals surface area contributed by atoms with Gasteiger partial charge >= 0.3 is 11.7 Å². The first-order valence-corrected chi connectivity index (χ1v) is 4.78. The van der Waals surface area contributed by atoms with Crippen LogP contribution in [-0.2, 0) is 4.79 Å².